The van der Waals surface area contributed by atoms with Crippen LogP contribution in [0.25, 0.3) is 11.0 Å². The number of piperidine rings is 1. The van der Waals surface area contributed by atoms with Gasteiger partial charge in [-0.15, -0.1) is 0 Å². The molecule has 2 amide bonds. The fraction of sp³-hybridized carbons (Fsp3) is 0.278. The number of likely N-dealkylation sites (tertiary alicyclic amines) is 1. The molecule has 5 rings (SSSR count). The summed E-state index contributed by atoms with van der Waals surface area (Å²) in [6.07, 6.45) is 4.77. The standard InChI is InChI=1S/C18H16N6O2/c25-16(13-5-4-11-9-20-23-15(11)21-13)24-8-2-6-18(10-24)14-12(22-17(18)26)3-1-7-19-14/h1,3-5,7,9H,2,6,8,10H2,(H,22,26)(H,20,21,23). The molecule has 1 spiro atoms. The van der Waals surface area contributed by atoms with E-state index in [4.69, 9.17) is 0 Å². The summed E-state index contributed by atoms with van der Waals surface area (Å²) < 4.78 is 0. The summed E-state index contributed by atoms with van der Waals surface area (Å²) in [5.41, 5.74) is 1.62. The number of hydrogen-bond acceptors (Lipinski definition) is 5. The topological polar surface area (TPSA) is 104 Å². The van der Waals surface area contributed by atoms with Gasteiger partial charge < -0.3 is 10.2 Å². The summed E-state index contributed by atoms with van der Waals surface area (Å²) in [6, 6.07) is 7.16. The van der Waals surface area contributed by atoms with Crippen LogP contribution >= 0.6 is 0 Å². The molecule has 0 radical (unpaired) electrons. The van der Waals surface area contributed by atoms with Crippen molar-refractivity contribution in [3.05, 3.63) is 48.0 Å². The number of aromatic nitrogens is 4. The van der Waals surface area contributed by atoms with Gasteiger partial charge in [-0.25, -0.2) is 4.98 Å². The molecule has 8 nitrogen and oxygen atoms in total. The summed E-state index contributed by atoms with van der Waals surface area (Å²) in [5, 5.41) is 10.5. The molecule has 0 aliphatic carbocycles. The van der Waals surface area contributed by atoms with Crippen LogP contribution in [0.2, 0.25) is 0 Å². The molecule has 1 atom stereocenters. The van der Waals surface area contributed by atoms with Gasteiger partial charge in [0, 0.05) is 24.7 Å². The van der Waals surface area contributed by atoms with Gasteiger partial charge in [0.2, 0.25) is 5.91 Å². The first kappa shape index (κ1) is 15.0. The van der Waals surface area contributed by atoms with Gasteiger partial charge in [0.15, 0.2) is 5.65 Å². The largest absolute Gasteiger partial charge is 0.336 e. The minimum absolute atomic E-state index is 0.0827. The highest BCUT2D eigenvalue weighted by Gasteiger charge is 2.51. The van der Waals surface area contributed by atoms with Crippen molar-refractivity contribution < 1.29 is 9.59 Å². The summed E-state index contributed by atoms with van der Waals surface area (Å²) in [4.78, 5) is 36.2. The minimum atomic E-state index is -0.775. The second kappa shape index (κ2) is 5.35. The third-order valence-electron chi connectivity index (χ3n) is 5.24. The molecule has 8 heteroatoms. The van der Waals surface area contributed by atoms with Crippen LogP contribution < -0.4 is 5.32 Å². The first-order valence-corrected chi connectivity index (χ1v) is 8.54. The predicted octanol–water partition coefficient (Wildman–Crippen LogP) is 1.48. The Balaban J connectivity index is 1.49. The molecule has 1 saturated heterocycles. The molecule has 3 aromatic heterocycles. The zero-order chi connectivity index (χ0) is 17.7. The smallest absolute Gasteiger partial charge is 0.272 e. The van der Waals surface area contributed by atoms with Gasteiger partial charge in [-0.3, -0.25) is 19.7 Å². The van der Waals surface area contributed by atoms with Gasteiger partial charge in [-0.2, -0.15) is 5.10 Å². The Hall–Kier alpha value is -3.29. The molecule has 130 valence electrons. The van der Waals surface area contributed by atoms with E-state index in [1.165, 1.54) is 0 Å². The van der Waals surface area contributed by atoms with E-state index in [1.807, 2.05) is 12.1 Å². The Kier molecular flexibility index (Phi) is 3.09. The lowest BCUT2D eigenvalue weighted by Crippen LogP contribution is -2.52. The maximum atomic E-state index is 13.0. The number of rotatable bonds is 1. The van der Waals surface area contributed by atoms with E-state index in [0.29, 0.717) is 30.9 Å². The molecule has 0 aromatic carbocycles. The second-order valence-electron chi connectivity index (χ2n) is 6.77. The van der Waals surface area contributed by atoms with Crippen LogP contribution in [-0.4, -0.2) is 50.0 Å². The SMILES string of the molecule is O=C(c1ccc2cn[nH]c2n1)N1CCCC2(C1)C(=O)Nc1cccnc12. The lowest BCUT2D eigenvalue weighted by atomic mass is 9.77. The molecule has 0 bridgehead atoms. The number of nitrogens with zero attached hydrogens (tertiary/aromatic N) is 4. The van der Waals surface area contributed by atoms with E-state index in [1.54, 1.807) is 29.4 Å². The van der Waals surface area contributed by atoms with Gasteiger partial charge in [-0.05, 0) is 37.1 Å². The number of hydrogen-bond donors (Lipinski definition) is 2. The number of fused-ring (bicyclic) bond motifs is 3. The quantitative estimate of drug-likeness (QED) is 0.693. The molecule has 1 fully saturated rings. The summed E-state index contributed by atoms with van der Waals surface area (Å²) in [7, 11) is 0. The average Bonchev–Trinajstić information content (AvgIpc) is 3.24. The maximum absolute atomic E-state index is 13.0. The predicted molar refractivity (Wildman–Crippen MR) is 93.6 cm³/mol. The lowest BCUT2D eigenvalue weighted by molar-refractivity contribution is -0.122. The normalized spacial score (nSPS) is 21.8. The van der Waals surface area contributed by atoms with Gasteiger partial charge in [0.25, 0.3) is 5.91 Å². The second-order valence-corrected chi connectivity index (χ2v) is 6.77. The van der Waals surface area contributed by atoms with Gasteiger partial charge in [0.1, 0.15) is 11.1 Å². The molecule has 1 unspecified atom stereocenters. The Labute approximate surface area is 148 Å². The van der Waals surface area contributed by atoms with E-state index in [9.17, 15) is 9.59 Å². The molecule has 2 aliphatic rings. The fourth-order valence-corrected chi connectivity index (χ4v) is 3.95. The van der Waals surface area contributed by atoms with Gasteiger partial charge in [-0.1, -0.05) is 0 Å². The number of H-pyrrole nitrogens is 1. The first-order valence-electron chi connectivity index (χ1n) is 8.54. The van der Waals surface area contributed by atoms with Crippen LogP contribution in [0.4, 0.5) is 5.69 Å². The number of nitrogens with one attached hydrogen (secondary N) is 2. The number of anilines is 1. The average molecular weight is 348 g/mol. The highest BCUT2D eigenvalue weighted by molar-refractivity contribution is 6.06. The molecule has 5 heterocycles. The molecule has 26 heavy (non-hydrogen) atoms. The zero-order valence-corrected chi connectivity index (χ0v) is 13.9. The Morgan fingerprint density at radius 3 is 3.12 bits per heavy atom. The molecule has 0 saturated carbocycles. The highest BCUT2D eigenvalue weighted by Crippen LogP contribution is 2.42. The highest BCUT2D eigenvalue weighted by atomic mass is 16.2. The third kappa shape index (κ3) is 2.05. The van der Waals surface area contributed by atoms with E-state index in [-0.39, 0.29) is 11.8 Å². The summed E-state index contributed by atoms with van der Waals surface area (Å²) in [6.45, 7) is 0.906. The monoisotopic (exact) mass is 348 g/mol. The van der Waals surface area contributed by atoms with Crippen LogP contribution in [0.15, 0.2) is 36.7 Å². The van der Waals surface area contributed by atoms with Crippen LogP contribution in [0.5, 0.6) is 0 Å². The Morgan fingerprint density at radius 1 is 1.27 bits per heavy atom. The maximum Gasteiger partial charge on any atom is 0.272 e. The van der Waals surface area contributed by atoms with E-state index in [0.717, 1.165) is 23.2 Å². The van der Waals surface area contributed by atoms with Crippen molar-refractivity contribution in [1.29, 1.82) is 0 Å². The van der Waals surface area contributed by atoms with Gasteiger partial charge in [0.05, 0.1) is 17.6 Å². The third-order valence-corrected chi connectivity index (χ3v) is 5.24. The van der Waals surface area contributed by atoms with E-state index < -0.39 is 5.41 Å². The first-order chi connectivity index (χ1) is 12.7. The van der Waals surface area contributed by atoms with Crippen molar-refractivity contribution in [1.82, 2.24) is 25.1 Å². The van der Waals surface area contributed by atoms with Crippen molar-refractivity contribution in [3.8, 4) is 0 Å². The van der Waals surface area contributed by atoms with Crippen molar-refractivity contribution in [2.45, 2.75) is 18.3 Å². The van der Waals surface area contributed by atoms with Crippen LogP contribution in [0, 0.1) is 0 Å². The Bertz CT molecular complexity index is 1040. The number of carbonyl (C=O) groups is 2. The number of amides is 2. The van der Waals surface area contributed by atoms with Crippen LogP contribution in [0.3, 0.4) is 0 Å². The Morgan fingerprint density at radius 2 is 2.19 bits per heavy atom. The summed E-state index contributed by atoms with van der Waals surface area (Å²) in [5.74, 6) is -0.265. The molecule has 2 aliphatic heterocycles. The van der Waals surface area contributed by atoms with E-state index >= 15 is 0 Å². The van der Waals surface area contributed by atoms with Crippen molar-refractivity contribution in [2.24, 2.45) is 0 Å². The molecular weight excluding hydrogens is 332 g/mol. The van der Waals surface area contributed by atoms with Crippen molar-refractivity contribution >= 4 is 28.5 Å². The van der Waals surface area contributed by atoms with E-state index in [2.05, 4.69) is 25.5 Å². The van der Waals surface area contributed by atoms with Crippen molar-refractivity contribution in [3.63, 3.8) is 0 Å². The minimum Gasteiger partial charge on any atom is -0.336 e. The number of aromatic amines is 1. The molecular formula is C18H16N6O2. The van der Waals surface area contributed by atoms with Crippen LogP contribution in [0.1, 0.15) is 29.0 Å². The fourth-order valence-electron chi connectivity index (χ4n) is 3.95. The molecule has 2 N–H and O–H groups in total. The number of carbonyl (C=O) groups excluding carboxylic acids is 2. The van der Waals surface area contributed by atoms with Crippen molar-refractivity contribution in [2.75, 3.05) is 18.4 Å². The molecule has 3 aromatic rings. The van der Waals surface area contributed by atoms with Gasteiger partial charge >= 0.3 is 0 Å². The zero-order valence-electron chi connectivity index (χ0n) is 13.9. The summed E-state index contributed by atoms with van der Waals surface area (Å²) >= 11 is 0. The number of pyridine rings is 2. The van der Waals surface area contributed by atoms with Crippen LogP contribution in [-0.2, 0) is 10.2 Å². The lowest BCUT2D eigenvalue weighted by Gasteiger charge is -2.38.